The molecule has 0 radical (unpaired) electrons. The van der Waals surface area contributed by atoms with Crippen LogP contribution in [0.3, 0.4) is 0 Å². The Kier molecular flexibility index (Phi) is 6.50. The van der Waals surface area contributed by atoms with Crippen molar-refractivity contribution < 1.29 is 18.9 Å². The zero-order valence-corrected chi connectivity index (χ0v) is 18.1. The van der Waals surface area contributed by atoms with Crippen molar-refractivity contribution in [3.05, 3.63) is 91.1 Å². The van der Waals surface area contributed by atoms with Crippen LogP contribution in [0.4, 0.5) is 5.69 Å². The van der Waals surface area contributed by atoms with Gasteiger partial charge in [0.1, 0.15) is 5.58 Å². The van der Waals surface area contributed by atoms with Crippen LogP contribution >= 0.6 is 11.6 Å². The maximum atomic E-state index is 12.8. The maximum absolute atomic E-state index is 12.8. The number of primary amides is 1. The minimum absolute atomic E-state index is 0.00979. The van der Waals surface area contributed by atoms with Gasteiger partial charge in [-0.1, -0.05) is 23.7 Å². The number of carbonyl (C=O) groups excluding carboxylic acids is 1. The third kappa shape index (κ3) is 4.89. The van der Waals surface area contributed by atoms with Gasteiger partial charge in [-0.05, 0) is 23.8 Å². The number of rotatable bonds is 8. The number of nitro groups is 1. The van der Waals surface area contributed by atoms with E-state index in [9.17, 15) is 19.7 Å². The average Bonchev–Trinajstić information content (AvgIpc) is 2.71. The highest BCUT2D eigenvalue weighted by Crippen LogP contribution is 2.34. The molecule has 1 amide bonds. The highest BCUT2D eigenvalue weighted by molar-refractivity contribution is 6.32. The minimum Gasteiger partial charge on any atom is -0.440 e. The Morgan fingerprint density at radius 2 is 2.00 bits per heavy atom. The molecule has 10 heteroatoms. The molecule has 0 aliphatic heterocycles. The van der Waals surface area contributed by atoms with Crippen molar-refractivity contribution in [3.8, 4) is 5.75 Å². The molecular weight excluding hydrogens is 438 g/mol. The second-order valence-electron chi connectivity index (χ2n) is 7.26. The van der Waals surface area contributed by atoms with E-state index < -0.39 is 16.5 Å². The van der Waals surface area contributed by atoms with Crippen LogP contribution in [-0.2, 0) is 17.6 Å². The Bertz CT molecular complexity index is 1300. The first kappa shape index (κ1) is 22.8. The summed E-state index contributed by atoms with van der Waals surface area (Å²) in [4.78, 5) is 36.8. The maximum Gasteiger partial charge on any atom is 0.340 e. The van der Waals surface area contributed by atoms with Crippen LogP contribution in [0.5, 0.6) is 5.75 Å². The third-order valence-corrected chi connectivity index (χ3v) is 5.05. The molecule has 0 saturated heterocycles. The molecule has 0 saturated carbocycles. The molecular formula is C22H20ClN3O6. The normalized spacial score (nSPS) is 10.7. The average molecular weight is 458 g/mol. The Hall–Kier alpha value is -3.85. The molecule has 166 valence electrons. The second kappa shape index (κ2) is 9.11. The van der Waals surface area contributed by atoms with E-state index in [0.29, 0.717) is 22.4 Å². The number of benzene rings is 2. The Labute approximate surface area is 187 Å². The van der Waals surface area contributed by atoms with Crippen LogP contribution in [0, 0.1) is 10.1 Å². The van der Waals surface area contributed by atoms with Gasteiger partial charge in [0.2, 0.25) is 5.91 Å². The number of carbonyl (C=O) groups is 1. The molecule has 0 atom stereocenters. The summed E-state index contributed by atoms with van der Waals surface area (Å²) in [6.07, 6.45) is -0.233. The van der Waals surface area contributed by atoms with Crippen molar-refractivity contribution in [1.29, 1.82) is 0 Å². The van der Waals surface area contributed by atoms with Crippen LogP contribution in [0.15, 0.2) is 58.1 Å². The molecule has 1 aromatic heterocycles. The minimum atomic E-state index is -0.694. The first-order valence-electron chi connectivity index (χ1n) is 9.40. The zero-order valence-electron chi connectivity index (χ0n) is 17.4. The van der Waals surface area contributed by atoms with Crippen LogP contribution in [0.25, 0.3) is 11.0 Å². The van der Waals surface area contributed by atoms with Gasteiger partial charge >= 0.3 is 5.63 Å². The third-order valence-electron chi connectivity index (χ3n) is 4.75. The summed E-state index contributed by atoms with van der Waals surface area (Å²) in [5.41, 5.74) is 5.78. The first-order valence-corrected chi connectivity index (χ1v) is 9.78. The predicted octanol–water partition coefficient (Wildman–Crippen LogP) is 3.38. The summed E-state index contributed by atoms with van der Waals surface area (Å²) in [7, 11) is 3.48. The zero-order chi connectivity index (χ0) is 23.6. The second-order valence-corrected chi connectivity index (χ2v) is 7.67. The fourth-order valence-electron chi connectivity index (χ4n) is 3.14. The number of hydrogen-bond acceptors (Lipinski definition) is 7. The fourth-order valence-corrected chi connectivity index (χ4v) is 3.34. The summed E-state index contributed by atoms with van der Waals surface area (Å²) in [5, 5.41) is 11.7. The lowest BCUT2D eigenvalue weighted by Gasteiger charge is -2.18. The molecule has 0 fully saturated rings. The number of nitrogens with two attached hydrogens (primary N) is 1. The molecule has 3 aromatic rings. The molecule has 0 aliphatic carbocycles. The van der Waals surface area contributed by atoms with Gasteiger partial charge in [-0.15, -0.1) is 0 Å². The molecule has 32 heavy (non-hydrogen) atoms. The molecule has 0 unspecified atom stereocenters. The molecule has 0 aliphatic rings. The van der Waals surface area contributed by atoms with Crippen LogP contribution in [0.1, 0.15) is 16.7 Å². The summed E-state index contributed by atoms with van der Waals surface area (Å²) in [5.74, 6) is -0.125. The van der Waals surface area contributed by atoms with Crippen molar-refractivity contribution in [2.24, 2.45) is 5.73 Å². The predicted molar refractivity (Wildman–Crippen MR) is 120 cm³/mol. The molecule has 0 spiro atoms. The number of amides is 1. The lowest BCUT2D eigenvalue weighted by Crippen LogP contribution is -2.20. The molecule has 3 rings (SSSR count). The summed E-state index contributed by atoms with van der Waals surface area (Å²) >= 11 is 6.37. The van der Waals surface area contributed by atoms with Crippen LogP contribution in [0.2, 0.25) is 5.02 Å². The largest absolute Gasteiger partial charge is 0.440 e. The van der Waals surface area contributed by atoms with Gasteiger partial charge in [0.05, 0.1) is 16.4 Å². The molecule has 2 N–H and O–H groups in total. The highest BCUT2D eigenvalue weighted by atomic mass is 35.5. The topological polar surface area (TPSA) is 129 Å². The monoisotopic (exact) mass is 457 g/mol. The summed E-state index contributed by atoms with van der Waals surface area (Å²) in [6.45, 7) is 3.77. The fraction of sp³-hybridized carbons (Fsp3) is 0.182. The van der Waals surface area contributed by atoms with Crippen LogP contribution < -0.4 is 16.1 Å². The molecule has 0 bridgehead atoms. The Balaban J connectivity index is 2.16. The van der Waals surface area contributed by atoms with Crippen molar-refractivity contribution in [2.75, 3.05) is 14.1 Å². The van der Waals surface area contributed by atoms with Crippen molar-refractivity contribution in [1.82, 2.24) is 4.90 Å². The van der Waals surface area contributed by atoms with E-state index >= 15 is 0 Å². The molecule has 2 aromatic carbocycles. The van der Waals surface area contributed by atoms with Gasteiger partial charge in [-0.25, -0.2) is 4.79 Å². The van der Waals surface area contributed by atoms with E-state index in [1.54, 1.807) is 25.1 Å². The SMILES string of the molecule is C=C(Oc1cc2oc(=O)c(Cc3cccc([N+](=O)[O-])c3)c(CC(N)=O)c2cc1Cl)N(C)C. The quantitative estimate of drug-likeness (QED) is 0.237. The summed E-state index contributed by atoms with van der Waals surface area (Å²) in [6, 6.07) is 8.82. The van der Waals surface area contributed by atoms with E-state index in [1.165, 1.54) is 30.3 Å². The standard InChI is InChI=1S/C22H20ClN3O6/c1-12(25(2)3)31-20-11-19-16(9-18(20)23)15(10-21(24)27)17(22(28)32-19)8-13-5-4-6-14(7-13)26(29)30/h4-7,9,11H,1,8,10H2,2-3H3,(H2,24,27). The number of nitrogens with zero attached hydrogens (tertiary/aromatic N) is 2. The van der Waals surface area contributed by atoms with Gasteiger partial charge in [0.25, 0.3) is 5.69 Å². The number of nitro benzene ring substituents is 1. The van der Waals surface area contributed by atoms with E-state index in [2.05, 4.69) is 6.58 Å². The molecule has 1 heterocycles. The van der Waals surface area contributed by atoms with Gasteiger partial charge in [-0.2, -0.15) is 0 Å². The van der Waals surface area contributed by atoms with E-state index in [4.69, 9.17) is 26.5 Å². The first-order chi connectivity index (χ1) is 15.1. The van der Waals surface area contributed by atoms with Gasteiger partial charge in [-0.3, -0.25) is 14.9 Å². The number of non-ortho nitro benzene ring substituents is 1. The van der Waals surface area contributed by atoms with Crippen molar-refractivity contribution in [2.45, 2.75) is 12.8 Å². The summed E-state index contributed by atoms with van der Waals surface area (Å²) < 4.78 is 11.1. The van der Waals surface area contributed by atoms with Crippen molar-refractivity contribution in [3.63, 3.8) is 0 Å². The van der Waals surface area contributed by atoms with Gasteiger partial charge < -0.3 is 19.8 Å². The lowest BCUT2D eigenvalue weighted by molar-refractivity contribution is -0.384. The lowest BCUT2D eigenvalue weighted by atomic mass is 9.96. The van der Waals surface area contributed by atoms with E-state index in [1.807, 2.05) is 0 Å². The van der Waals surface area contributed by atoms with Crippen molar-refractivity contribution >= 4 is 34.2 Å². The number of halogens is 1. The Morgan fingerprint density at radius 3 is 2.62 bits per heavy atom. The number of hydrogen-bond donors (Lipinski definition) is 1. The van der Waals surface area contributed by atoms with Crippen LogP contribution in [-0.4, -0.2) is 29.8 Å². The van der Waals surface area contributed by atoms with E-state index in [-0.39, 0.29) is 40.4 Å². The smallest absolute Gasteiger partial charge is 0.340 e. The highest BCUT2D eigenvalue weighted by Gasteiger charge is 2.20. The molecule has 9 nitrogen and oxygen atoms in total. The number of ether oxygens (including phenoxy) is 1. The van der Waals surface area contributed by atoms with Gasteiger partial charge in [0.15, 0.2) is 11.6 Å². The Morgan fingerprint density at radius 1 is 1.28 bits per heavy atom. The van der Waals surface area contributed by atoms with Gasteiger partial charge in [0, 0.05) is 49.7 Å². The van der Waals surface area contributed by atoms with E-state index in [0.717, 1.165) is 0 Å². The number of fused-ring (bicyclic) bond motifs is 1.